The lowest BCUT2D eigenvalue weighted by molar-refractivity contribution is -0.0809. The van der Waals surface area contributed by atoms with E-state index in [0.717, 1.165) is 37.9 Å². The largest absolute Gasteiger partial charge is 0.492 e. The molecule has 1 aliphatic carbocycles. The van der Waals surface area contributed by atoms with Crippen LogP contribution >= 0.6 is 0 Å². The summed E-state index contributed by atoms with van der Waals surface area (Å²) in [6, 6.07) is 7.96. The zero-order chi connectivity index (χ0) is 20.5. The van der Waals surface area contributed by atoms with E-state index in [9.17, 15) is 4.39 Å². The van der Waals surface area contributed by atoms with Crippen LogP contribution in [0, 0.1) is 5.95 Å². The monoisotopic (exact) mass is 400 g/mol. The van der Waals surface area contributed by atoms with Gasteiger partial charge in [0.05, 0.1) is 12.7 Å². The van der Waals surface area contributed by atoms with Crippen LogP contribution in [-0.2, 0) is 11.2 Å². The Balaban J connectivity index is 0.000000170. The summed E-state index contributed by atoms with van der Waals surface area (Å²) < 4.78 is 23.7. The van der Waals surface area contributed by atoms with Gasteiger partial charge in [0.25, 0.3) is 5.95 Å². The Hall–Kier alpha value is -2.01. The first-order chi connectivity index (χ1) is 14.2. The number of hydrogen-bond donors (Lipinski definition) is 0. The number of methoxy groups -OCH3 is 1. The van der Waals surface area contributed by atoms with Crippen molar-refractivity contribution in [2.24, 2.45) is 0 Å². The molecule has 1 aliphatic heterocycles. The Morgan fingerprint density at radius 2 is 2.07 bits per heavy atom. The molecule has 4 nitrogen and oxygen atoms in total. The molecule has 1 atom stereocenters. The van der Waals surface area contributed by atoms with Crippen LogP contribution in [0.25, 0.3) is 0 Å². The molecule has 0 unspecified atom stereocenters. The van der Waals surface area contributed by atoms with Gasteiger partial charge in [-0.25, -0.2) is 4.98 Å². The highest BCUT2D eigenvalue weighted by atomic mass is 19.1. The Morgan fingerprint density at radius 3 is 2.76 bits per heavy atom. The first-order valence-corrected chi connectivity index (χ1v) is 10.9. The van der Waals surface area contributed by atoms with Crippen LogP contribution in [0.2, 0.25) is 0 Å². The fraction of sp³-hybridized carbons (Fsp3) is 0.583. The summed E-state index contributed by atoms with van der Waals surface area (Å²) in [6.45, 7) is 3.04. The minimum absolute atomic E-state index is 0.209. The van der Waals surface area contributed by atoms with Crippen LogP contribution in [0.4, 0.5) is 4.39 Å². The lowest BCUT2D eigenvalue weighted by Crippen LogP contribution is -2.36. The van der Waals surface area contributed by atoms with E-state index in [4.69, 9.17) is 9.47 Å². The number of halogens is 1. The predicted octanol–water partition coefficient (Wildman–Crippen LogP) is 5.86. The molecule has 2 aromatic heterocycles. The SMILES string of the molecule is CCCCc1cnc(F)c(OC)c1.c1ccc([C@@H]2CCOC3(CCCC3)C2)nc1. The van der Waals surface area contributed by atoms with Crippen LogP contribution in [0.5, 0.6) is 5.75 Å². The normalized spacial score (nSPS) is 20.2. The molecule has 5 heteroatoms. The predicted molar refractivity (Wildman–Crippen MR) is 113 cm³/mol. The fourth-order valence-electron chi connectivity index (χ4n) is 4.39. The molecule has 4 rings (SSSR count). The van der Waals surface area contributed by atoms with Gasteiger partial charge in [-0.2, -0.15) is 4.39 Å². The first-order valence-electron chi connectivity index (χ1n) is 10.9. The molecule has 2 aliphatic rings. The van der Waals surface area contributed by atoms with Crippen molar-refractivity contribution in [2.45, 2.75) is 76.2 Å². The van der Waals surface area contributed by atoms with Gasteiger partial charge in [0.1, 0.15) is 0 Å². The first kappa shape index (κ1) is 21.7. The molecule has 2 aromatic rings. The zero-order valence-corrected chi connectivity index (χ0v) is 17.7. The summed E-state index contributed by atoms with van der Waals surface area (Å²) in [4.78, 5) is 8.11. The molecular formula is C24H33FN2O2. The summed E-state index contributed by atoms with van der Waals surface area (Å²) in [7, 11) is 1.45. The molecule has 0 aromatic carbocycles. The molecule has 1 saturated carbocycles. The van der Waals surface area contributed by atoms with E-state index in [1.54, 1.807) is 12.3 Å². The molecule has 1 saturated heterocycles. The number of aryl methyl sites for hydroxylation is 1. The van der Waals surface area contributed by atoms with Crippen molar-refractivity contribution in [1.82, 2.24) is 9.97 Å². The van der Waals surface area contributed by atoms with Gasteiger partial charge in [0, 0.05) is 30.6 Å². The Bertz CT molecular complexity index is 748. The number of hydrogen-bond acceptors (Lipinski definition) is 4. The summed E-state index contributed by atoms with van der Waals surface area (Å²) in [6.07, 6.45) is 14.1. The van der Waals surface area contributed by atoms with E-state index in [1.807, 2.05) is 12.3 Å². The van der Waals surface area contributed by atoms with E-state index in [-0.39, 0.29) is 11.4 Å². The minimum Gasteiger partial charge on any atom is -0.492 e. The minimum atomic E-state index is -0.539. The summed E-state index contributed by atoms with van der Waals surface area (Å²) in [5.41, 5.74) is 2.50. The molecule has 0 N–H and O–H groups in total. The highest BCUT2D eigenvalue weighted by Gasteiger charge is 2.40. The number of rotatable bonds is 5. The fourth-order valence-corrected chi connectivity index (χ4v) is 4.39. The number of pyridine rings is 2. The maximum absolute atomic E-state index is 12.9. The van der Waals surface area contributed by atoms with E-state index >= 15 is 0 Å². The highest BCUT2D eigenvalue weighted by molar-refractivity contribution is 5.25. The summed E-state index contributed by atoms with van der Waals surface area (Å²) in [5.74, 6) is 0.310. The van der Waals surface area contributed by atoms with Gasteiger partial charge in [-0.3, -0.25) is 4.98 Å². The molecule has 0 amide bonds. The molecule has 158 valence electrons. The van der Waals surface area contributed by atoms with Crippen LogP contribution in [0.3, 0.4) is 0 Å². The van der Waals surface area contributed by atoms with Gasteiger partial charge in [-0.1, -0.05) is 32.3 Å². The Kier molecular flexibility index (Phi) is 7.99. The van der Waals surface area contributed by atoms with E-state index in [0.29, 0.717) is 5.92 Å². The van der Waals surface area contributed by atoms with E-state index in [1.165, 1.54) is 44.9 Å². The third-order valence-electron chi connectivity index (χ3n) is 6.02. The maximum Gasteiger partial charge on any atom is 0.255 e. The average Bonchev–Trinajstić information content (AvgIpc) is 3.21. The molecule has 3 heterocycles. The van der Waals surface area contributed by atoms with Gasteiger partial charge < -0.3 is 9.47 Å². The smallest absolute Gasteiger partial charge is 0.255 e. The number of aromatic nitrogens is 2. The van der Waals surface area contributed by atoms with Crippen molar-refractivity contribution < 1.29 is 13.9 Å². The van der Waals surface area contributed by atoms with Gasteiger partial charge in [-0.05, 0) is 62.3 Å². The quantitative estimate of drug-likeness (QED) is 0.590. The van der Waals surface area contributed by atoms with E-state index in [2.05, 4.69) is 29.0 Å². The van der Waals surface area contributed by atoms with Gasteiger partial charge in [-0.15, -0.1) is 0 Å². The van der Waals surface area contributed by atoms with Crippen molar-refractivity contribution in [3.63, 3.8) is 0 Å². The van der Waals surface area contributed by atoms with Crippen LogP contribution in [0.1, 0.15) is 75.5 Å². The standard InChI is InChI=1S/C14H19NO.C10H14FNO/c1-4-9-15-13(5-1)12-6-10-16-14(11-12)7-2-3-8-14;1-3-4-5-8-6-9(13-2)10(11)12-7-8/h1,4-5,9,12H,2-3,6-8,10-11H2;6-7H,3-5H2,1-2H3/t12-;/m1./s1. The van der Waals surface area contributed by atoms with Crippen molar-refractivity contribution in [2.75, 3.05) is 13.7 Å². The third kappa shape index (κ3) is 5.99. The van der Waals surface area contributed by atoms with Crippen molar-refractivity contribution in [1.29, 1.82) is 0 Å². The lowest BCUT2D eigenvalue weighted by atomic mass is 9.83. The molecule has 29 heavy (non-hydrogen) atoms. The van der Waals surface area contributed by atoms with Crippen LogP contribution in [0.15, 0.2) is 36.7 Å². The van der Waals surface area contributed by atoms with Crippen molar-refractivity contribution in [3.8, 4) is 5.75 Å². The number of nitrogens with zero attached hydrogens (tertiary/aromatic N) is 2. The molecule has 1 spiro atoms. The van der Waals surface area contributed by atoms with Crippen LogP contribution in [-0.4, -0.2) is 29.3 Å². The third-order valence-corrected chi connectivity index (χ3v) is 6.02. The van der Waals surface area contributed by atoms with Gasteiger partial charge in [0.15, 0.2) is 5.75 Å². The van der Waals surface area contributed by atoms with Crippen LogP contribution < -0.4 is 4.74 Å². The maximum atomic E-state index is 12.9. The molecule has 0 radical (unpaired) electrons. The second-order valence-electron chi connectivity index (χ2n) is 8.12. The second kappa shape index (κ2) is 10.7. The topological polar surface area (TPSA) is 44.2 Å². The second-order valence-corrected chi connectivity index (χ2v) is 8.12. The molecule has 0 bridgehead atoms. The van der Waals surface area contributed by atoms with E-state index < -0.39 is 5.95 Å². The number of unbranched alkanes of at least 4 members (excludes halogenated alkanes) is 1. The molecular weight excluding hydrogens is 367 g/mol. The van der Waals surface area contributed by atoms with Gasteiger partial charge >= 0.3 is 0 Å². The number of ether oxygens (including phenoxy) is 2. The Morgan fingerprint density at radius 1 is 1.24 bits per heavy atom. The van der Waals surface area contributed by atoms with Crippen molar-refractivity contribution in [3.05, 3.63) is 53.9 Å². The average molecular weight is 401 g/mol. The van der Waals surface area contributed by atoms with Gasteiger partial charge in [0.2, 0.25) is 0 Å². The zero-order valence-electron chi connectivity index (χ0n) is 17.7. The lowest BCUT2D eigenvalue weighted by Gasteiger charge is -2.38. The summed E-state index contributed by atoms with van der Waals surface area (Å²) in [5, 5.41) is 0. The molecule has 2 fully saturated rings. The summed E-state index contributed by atoms with van der Waals surface area (Å²) >= 11 is 0. The highest BCUT2D eigenvalue weighted by Crippen LogP contribution is 2.44. The van der Waals surface area contributed by atoms with Crippen molar-refractivity contribution >= 4 is 0 Å². The Labute approximate surface area is 173 Å².